The molecule has 2 aliphatic rings. The van der Waals surface area contributed by atoms with Crippen LogP contribution in [0.15, 0.2) is 41.4 Å². The molecule has 0 spiro atoms. The highest BCUT2D eigenvalue weighted by molar-refractivity contribution is 5.92. The van der Waals surface area contributed by atoms with Crippen LogP contribution in [0.3, 0.4) is 0 Å². The fourth-order valence-electron chi connectivity index (χ4n) is 4.43. The van der Waals surface area contributed by atoms with Crippen LogP contribution in [0.1, 0.15) is 52.3 Å². The van der Waals surface area contributed by atoms with Crippen molar-refractivity contribution in [2.75, 3.05) is 25.0 Å². The van der Waals surface area contributed by atoms with Gasteiger partial charge in [-0.05, 0) is 55.9 Å². The number of aromatic nitrogens is 3. The Hall–Kier alpha value is -3.50. The lowest BCUT2D eigenvalue weighted by molar-refractivity contribution is 0.0838. The van der Waals surface area contributed by atoms with Crippen LogP contribution in [-0.2, 0) is 19.6 Å². The second-order valence-corrected chi connectivity index (χ2v) is 9.49. The molecule has 10 heteroatoms. The van der Waals surface area contributed by atoms with Crippen molar-refractivity contribution in [3.05, 3.63) is 65.3 Å². The van der Waals surface area contributed by atoms with Crippen molar-refractivity contribution in [2.45, 2.75) is 57.9 Å². The number of hydrogen-bond donors (Lipinski definition) is 3. The SMILES string of the molecule is Cc1ncoc1COc1ccc2c(c1)CCN(C[C@@H](O)CNC(=O)c1cc(NC3CCC3)ncn1)C2. The molecule has 1 atom stereocenters. The molecule has 1 amide bonds. The van der Waals surface area contributed by atoms with E-state index in [2.05, 4.69) is 42.6 Å². The van der Waals surface area contributed by atoms with Gasteiger partial charge in [0.15, 0.2) is 12.2 Å². The van der Waals surface area contributed by atoms with Crippen LogP contribution < -0.4 is 15.4 Å². The highest BCUT2D eigenvalue weighted by Crippen LogP contribution is 2.25. The summed E-state index contributed by atoms with van der Waals surface area (Å²) in [5.74, 6) is 1.88. The van der Waals surface area contributed by atoms with Crippen LogP contribution in [0.2, 0.25) is 0 Å². The van der Waals surface area contributed by atoms with E-state index in [0.29, 0.717) is 30.7 Å². The number of benzene rings is 1. The Balaban J connectivity index is 1.07. The monoisotopic (exact) mass is 492 g/mol. The first-order chi connectivity index (χ1) is 17.5. The zero-order chi connectivity index (χ0) is 24.9. The second-order valence-electron chi connectivity index (χ2n) is 9.49. The van der Waals surface area contributed by atoms with Crippen molar-refractivity contribution in [3.8, 4) is 5.75 Å². The Labute approximate surface area is 210 Å². The van der Waals surface area contributed by atoms with Crippen molar-refractivity contribution in [2.24, 2.45) is 0 Å². The molecular formula is C26H32N6O4. The van der Waals surface area contributed by atoms with Crippen LogP contribution in [0, 0.1) is 6.92 Å². The number of aliphatic hydroxyl groups is 1. The molecule has 1 aliphatic carbocycles. The molecule has 0 radical (unpaired) electrons. The summed E-state index contributed by atoms with van der Waals surface area (Å²) >= 11 is 0. The largest absolute Gasteiger partial charge is 0.486 e. The van der Waals surface area contributed by atoms with E-state index in [-0.39, 0.29) is 12.5 Å². The van der Waals surface area contributed by atoms with E-state index >= 15 is 0 Å². The van der Waals surface area contributed by atoms with Gasteiger partial charge in [0.25, 0.3) is 5.91 Å². The highest BCUT2D eigenvalue weighted by Gasteiger charge is 2.21. The van der Waals surface area contributed by atoms with E-state index in [1.165, 1.54) is 30.3 Å². The lowest BCUT2D eigenvalue weighted by Gasteiger charge is -2.30. The molecule has 0 saturated heterocycles. The van der Waals surface area contributed by atoms with E-state index in [1.54, 1.807) is 6.07 Å². The molecule has 3 N–H and O–H groups in total. The van der Waals surface area contributed by atoms with Gasteiger partial charge in [0, 0.05) is 38.3 Å². The Morgan fingerprint density at radius 1 is 1.25 bits per heavy atom. The third kappa shape index (κ3) is 6.00. The zero-order valence-corrected chi connectivity index (χ0v) is 20.4. The van der Waals surface area contributed by atoms with E-state index in [9.17, 15) is 9.90 Å². The van der Waals surface area contributed by atoms with Crippen LogP contribution in [0.4, 0.5) is 5.82 Å². The van der Waals surface area contributed by atoms with E-state index in [1.807, 2.05) is 13.0 Å². The van der Waals surface area contributed by atoms with Gasteiger partial charge in [-0.1, -0.05) is 6.07 Å². The molecule has 190 valence electrons. The molecule has 1 saturated carbocycles. The topological polar surface area (TPSA) is 126 Å². The Bertz CT molecular complexity index is 1190. The average Bonchev–Trinajstić information content (AvgIpc) is 3.28. The molecule has 1 aromatic carbocycles. The van der Waals surface area contributed by atoms with Crippen LogP contribution in [0.5, 0.6) is 5.75 Å². The van der Waals surface area contributed by atoms with Crippen molar-refractivity contribution in [1.29, 1.82) is 0 Å². The lowest BCUT2D eigenvalue weighted by Crippen LogP contribution is -2.42. The van der Waals surface area contributed by atoms with E-state index in [4.69, 9.17) is 9.15 Å². The third-order valence-electron chi connectivity index (χ3n) is 6.81. The molecule has 2 aromatic heterocycles. The van der Waals surface area contributed by atoms with Gasteiger partial charge in [0.05, 0.1) is 11.8 Å². The zero-order valence-electron chi connectivity index (χ0n) is 20.4. The summed E-state index contributed by atoms with van der Waals surface area (Å²) in [5, 5.41) is 16.7. The third-order valence-corrected chi connectivity index (χ3v) is 6.81. The predicted molar refractivity (Wildman–Crippen MR) is 133 cm³/mol. The maximum atomic E-state index is 12.5. The number of anilines is 1. The van der Waals surface area contributed by atoms with Crippen molar-refractivity contribution >= 4 is 11.7 Å². The average molecular weight is 493 g/mol. The number of hydrogen-bond acceptors (Lipinski definition) is 9. The molecule has 1 aliphatic heterocycles. The number of nitrogens with one attached hydrogen (secondary N) is 2. The molecule has 36 heavy (non-hydrogen) atoms. The normalized spacial score (nSPS) is 16.6. The van der Waals surface area contributed by atoms with Gasteiger partial charge in [-0.25, -0.2) is 15.0 Å². The van der Waals surface area contributed by atoms with Crippen LogP contribution in [-0.4, -0.2) is 62.6 Å². The number of aryl methyl sites for hydroxylation is 1. The Morgan fingerprint density at radius 3 is 2.92 bits per heavy atom. The summed E-state index contributed by atoms with van der Waals surface area (Å²) in [6.45, 7) is 4.44. The molecular weight excluding hydrogens is 460 g/mol. The smallest absolute Gasteiger partial charge is 0.270 e. The highest BCUT2D eigenvalue weighted by atomic mass is 16.5. The van der Waals surface area contributed by atoms with Crippen LogP contribution in [0.25, 0.3) is 0 Å². The van der Waals surface area contributed by atoms with Gasteiger partial charge in [-0.3, -0.25) is 9.69 Å². The molecule has 3 heterocycles. The Morgan fingerprint density at radius 2 is 2.14 bits per heavy atom. The first-order valence-electron chi connectivity index (χ1n) is 12.4. The molecule has 10 nitrogen and oxygen atoms in total. The second kappa shape index (κ2) is 11.0. The maximum absolute atomic E-state index is 12.5. The minimum absolute atomic E-state index is 0.158. The van der Waals surface area contributed by atoms with Gasteiger partial charge >= 0.3 is 0 Å². The number of carbonyl (C=O) groups excluding carboxylic acids is 1. The fraction of sp³-hybridized carbons (Fsp3) is 0.462. The number of rotatable bonds is 10. The predicted octanol–water partition coefficient (Wildman–Crippen LogP) is 2.47. The summed E-state index contributed by atoms with van der Waals surface area (Å²) in [6.07, 6.45) is 6.46. The minimum Gasteiger partial charge on any atom is -0.486 e. The number of oxazole rings is 1. The first-order valence-corrected chi connectivity index (χ1v) is 12.4. The summed E-state index contributed by atoms with van der Waals surface area (Å²) in [7, 11) is 0. The summed E-state index contributed by atoms with van der Waals surface area (Å²) in [6, 6.07) is 8.19. The molecule has 3 aromatic rings. The molecule has 0 bridgehead atoms. The first kappa shape index (κ1) is 24.2. The van der Waals surface area contributed by atoms with Crippen molar-refractivity contribution < 1.29 is 19.1 Å². The van der Waals surface area contributed by atoms with Gasteiger partial charge < -0.3 is 24.9 Å². The fourth-order valence-corrected chi connectivity index (χ4v) is 4.43. The minimum atomic E-state index is -0.683. The maximum Gasteiger partial charge on any atom is 0.270 e. The Kier molecular flexibility index (Phi) is 7.43. The molecule has 5 rings (SSSR count). The number of aliphatic hydroxyl groups excluding tert-OH is 1. The van der Waals surface area contributed by atoms with E-state index in [0.717, 1.165) is 49.6 Å². The summed E-state index contributed by atoms with van der Waals surface area (Å²) in [5.41, 5.74) is 3.59. The van der Waals surface area contributed by atoms with Gasteiger partial charge in [0.1, 0.15) is 30.2 Å². The number of nitrogens with zero attached hydrogens (tertiary/aromatic N) is 4. The number of β-amino-alcohol motifs (C(OH)–C–C–N with tert-alkyl or cyclic N) is 1. The van der Waals surface area contributed by atoms with Crippen molar-refractivity contribution in [1.82, 2.24) is 25.2 Å². The number of carbonyl (C=O) groups is 1. The van der Waals surface area contributed by atoms with Gasteiger partial charge in [-0.15, -0.1) is 0 Å². The number of fused-ring (bicyclic) bond motifs is 1. The molecule has 1 fully saturated rings. The number of amides is 1. The summed E-state index contributed by atoms with van der Waals surface area (Å²) < 4.78 is 11.2. The summed E-state index contributed by atoms with van der Waals surface area (Å²) in [4.78, 5) is 27.1. The standard InChI is InChI=1S/C26H32N6O4/c1-17-24(36-16-30-17)14-35-22-6-5-19-12-32(8-7-18(19)9-22)13-21(33)11-27-26(34)23-10-25(29-15-28-23)31-20-3-2-4-20/h5-6,9-10,15-16,20-21,33H,2-4,7-8,11-14H2,1H3,(H,27,34)(H,28,29,31)/t21-/m0/s1. The molecule has 0 unspecified atom stereocenters. The quantitative estimate of drug-likeness (QED) is 0.391. The van der Waals surface area contributed by atoms with Gasteiger partial charge in [-0.2, -0.15) is 0 Å². The number of ether oxygens (including phenoxy) is 1. The van der Waals surface area contributed by atoms with Crippen LogP contribution >= 0.6 is 0 Å². The van der Waals surface area contributed by atoms with Gasteiger partial charge in [0.2, 0.25) is 0 Å². The van der Waals surface area contributed by atoms with E-state index < -0.39 is 6.10 Å². The van der Waals surface area contributed by atoms with Crippen molar-refractivity contribution in [3.63, 3.8) is 0 Å². The lowest BCUT2D eigenvalue weighted by atomic mass is 9.93.